The van der Waals surface area contributed by atoms with Crippen molar-refractivity contribution in [1.82, 2.24) is 15.2 Å². The maximum Gasteiger partial charge on any atom is 0.252 e. The molecule has 2 heterocycles. The van der Waals surface area contributed by atoms with E-state index in [0.29, 0.717) is 30.4 Å². The predicted molar refractivity (Wildman–Crippen MR) is 83.1 cm³/mol. The van der Waals surface area contributed by atoms with Gasteiger partial charge in [0.2, 0.25) is 5.91 Å². The quantitative estimate of drug-likeness (QED) is 0.874. The SMILES string of the molecule is Nc1ccc(C(=O)NC[C@@H]2CC(=O)N(C3CCCC3)C2)cn1. The van der Waals surface area contributed by atoms with E-state index in [1.54, 1.807) is 12.1 Å². The van der Waals surface area contributed by atoms with E-state index < -0.39 is 0 Å². The molecule has 1 aliphatic heterocycles. The Morgan fingerprint density at radius 1 is 1.36 bits per heavy atom. The second-order valence-electron chi connectivity index (χ2n) is 6.24. The molecular weight excluding hydrogens is 280 g/mol. The first-order chi connectivity index (χ1) is 10.6. The lowest BCUT2D eigenvalue weighted by Gasteiger charge is -2.24. The van der Waals surface area contributed by atoms with E-state index in [-0.39, 0.29) is 17.7 Å². The fraction of sp³-hybridized carbons (Fsp3) is 0.562. The van der Waals surface area contributed by atoms with Gasteiger partial charge in [0.05, 0.1) is 5.56 Å². The Kier molecular flexibility index (Phi) is 4.27. The molecule has 0 unspecified atom stereocenters. The van der Waals surface area contributed by atoms with Gasteiger partial charge in [0.15, 0.2) is 0 Å². The Hall–Kier alpha value is -2.11. The molecule has 1 aromatic heterocycles. The van der Waals surface area contributed by atoms with Crippen molar-refractivity contribution in [1.29, 1.82) is 0 Å². The van der Waals surface area contributed by atoms with Crippen LogP contribution in [0.4, 0.5) is 5.82 Å². The van der Waals surface area contributed by atoms with Crippen LogP contribution < -0.4 is 11.1 Å². The first kappa shape index (κ1) is 14.8. The Labute approximate surface area is 130 Å². The minimum absolute atomic E-state index is 0.167. The summed E-state index contributed by atoms with van der Waals surface area (Å²) in [5.41, 5.74) is 6.00. The third-order valence-electron chi connectivity index (χ3n) is 4.60. The molecule has 1 aromatic rings. The van der Waals surface area contributed by atoms with Gasteiger partial charge < -0.3 is 16.0 Å². The van der Waals surface area contributed by atoms with Crippen LogP contribution in [0.5, 0.6) is 0 Å². The molecule has 3 N–H and O–H groups in total. The lowest BCUT2D eigenvalue weighted by molar-refractivity contribution is -0.129. The van der Waals surface area contributed by atoms with Gasteiger partial charge in [0.1, 0.15) is 5.82 Å². The molecule has 118 valence electrons. The number of nitrogen functional groups attached to an aromatic ring is 1. The summed E-state index contributed by atoms with van der Waals surface area (Å²) >= 11 is 0. The number of carbonyl (C=O) groups is 2. The van der Waals surface area contributed by atoms with Crippen molar-refractivity contribution >= 4 is 17.6 Å². The van der Waals surface area contributed by atoms with Gasteiger partial charge in [0, 0.05) is 37.7 Å². The summed E-state index contributed by atoms with van der Waals surface area (Å²) in [6.45, 7) is 1.29. The topological polar surface area (TPSA) is 88.3 Å². The molecule has 6 heteroatoms. The highest BCUT2D eigenvalue weighted by atomic mass is 16.2. The van der Waals surface area contributed by atoms with E-state index in [1.807, 2.05) is 4.90 Å². The molecular formula is C16H22N4O2. The number of carbonyl (C=O) groups excluding carboxylic acids is 2. The molecule has 0 bridgehead atoms. The lowest BCUT2D eigenvalue weighted by atomic mass is 10.1. The summed E-state index contributed by atoms with van der Waals surface area (Å²) in [4.78, 5) is 30.1. The van der Waals surface area contributed by atoms with Gasteiger partial charge in [-0.3, -0.25) is 9.59 Å². The largest absolute Gasteiger partial charge is 0.384 e. The first-order valence-corrected chi connectivity index (χ1v) is 7.92. The van der Waals surface area contributed by atoms with Gasteiger partial charge in [-0.1, -0.05) is 12.8 Å². The van der Waals surface area contributed by atoms with E-state index in [9.17, 15) is 9.59 Å². The molecule has 22 heavy (non-hydrogen) atoms. The third kappa shape index (κ3) is 3.21. The molecule has 1 aliphatic carbocycles. The molecule has 0 radical (unpaired) electrons. The van der Waals surface area contributed by atoms with Crippen LogP contribution in [0.3, 0.4) is 0 Å². The summed E-state index contributed by atoms with van der Waals surface area (Å²) in [5.74, 6) is 0.670. The molecule has 1 saturated carbocycles. The molecule has 2 aliphatic rings. The highest BCUT2D eigenvalue weighted by Gasteiger charge is 2.35. The van der Waals surface area contributed by atoms with Crippen LogP contribution in [-0.2, 0) is 4.79 Å². The monoisotopic (exact) mass is 302 g/mol. The molecule has 0 spiro atoms. The average Bonchev–Trinajstić information content (AvgIpc) is 3.14. The van der Waals surface area contributed by atoms with Gasteiger partial charge >= 0.3 is 0 Å². The molecule has 1 atom stereocenters. The molecule has 1 saturated heterocycles. The number of anilines is 1. The number of nitrogens with two attached hydrogens (primary N) is 1. The Balaban J connectivity index is 1.50. The molecule has 2 amide bonds. The fourth-order valence-electron chi connectivity index (χ4n) is 3.39. The number of nitrogens with one attached hydrogen (secondary N) is 1. The van der Waals surface area contributed by atoms with E-state index >= 15 is 0 Å². The number of amides is 2. The van der Waals surface area contributed by atoms with E-state index in [1.165, 1.54) is 19.0 Å². The summed E-state index contributed by atoms with van der Waals surface area (Å²) in [6.07, 6.45) is 6.70. The number of hydrogen-bond donors (Lipinski definition) is 2. The summed E-state index contributed by atoms with van der Waals surface area (Å²) in [6, 6.07) is 3.69. The van der Waals surface area contributed by atoms with Crippen molar-refractivity contribution in [2.24, 2.45) is 5.92 Å². The average molecular weight is 302 g/mol. The van der Waals surface area contributed by atoms with Crippen molar-refractivity contribution in [2.45, 2.75) is 38.1 Å². The van der Waals surface area contributed by atoms with Crippen LogP contribution in [-0.4, -0.2) is 40.8 Å². The zero-order valence-electron chi connectivity index (χ0n) is 12.6. The zero-order chi connectivity index (χ0) is 15.5. The molecule has 2 fully saturated rings. The van der Waals surface area contributed by atoms with Gasteiger partial charge in [-0.2, -0.15) is 0 Å². The van der Waals surface area contributed by atoms with E-state index in [4.69, 9.17) is 5.73 Å². The van der Waals surface area contributed by atoms with E-state index in [0.717, 1.165) is 19.4 Å². The molecule has 0 aromatic carbocycles. The maximum atomic E-state index is 12.1. The first-order valence-electron chi connectivity index (χ1n) is 7.92. The fourth-order valence-corrected chi connectivity index (χ4v) is 3.39. The number of hydrogen-bond acceptors (Lipinski definition) is 4. The van der Waals surface area contributed by atoms with Crippen LogP contribution in [0.25, 0.3) is 0 Å². The van der Waals surface area contributed by atoms with Crippen LogP contribution in [0.2, 0.25) is 0 Å². The summed E-state index contributed by atoms with van der Waals surface area (Å²) < 4.78 is 0. The second-order valence-corrected chi connectivity index (χ2v) is 6.24. The highest BCUT2D eigenvalue weighted by molar-refractivity contribution is 5.94. The summed E-state index contributed by atoms with van der Waals surface area (Å²) in [5, 5.41) is 2.89. The number of likely N-dealkylation sites (tertiary alicyclic amines) is 1. The lowest BCUT2D eigenvalue weighted by Crippen LogP contribution is -2.36. The maximum absolute atomic E-state index is 12.1. The number of pyridine rings is 1. The van der Waals surface area contributed by atoms with Crippen LogP contribution in [0, 0.1) is 5.92 Å². The Morgan fingerprint density at radius 3 is 2.82 bits per heavy atom. The predicted octanol–water partition coefficient (Wildman–Crippen LogP) is 1.18. The van der Waals surface area contributed by atoms with Crippen molar-refractivity contribution in [2.75, 3.05) is 18.8 Å². The van der Waals surface area contributed by atoms with Crippen molar-refractivity contribution in [3.63, 3.8) is 0 Å². The standard InChI is InChI=1S/C16H22N4O2/c17-14-6-5-12(9-18-14)16(22)19-8-11-7-15(21)20(10-11)13-3-1-2-4-13/h5-6,9,11,13H,1-4,7-8,10H2,(H2,17,18)(H,19,22)/t11-/m0/s1. The van der Waals surface area contributed by atoms with Gasteiger partial charge in [-0.25, -0.2) is 4.98 Å². The summed E-state index contributed by atoms with van der Waals surface area (Å²) in [7, 11) is 0. The Morgan fingerprint density at radius 2 is 2.14 bits per heavy atom. The zero-order valence-corrected chi connectivity index (χ0v) is 12.6. The van der Waals surface area contributed by atoms with Crippen molar-refractivity contribution < 1.29 is 9.59 Å². The Bertz CT molecular complexity index is 552. The van der Waals surface area contributed by atoms with Crippen molar-refractivity contribution in [3.8, 4) is 0 Å². The van der Waals surface area contributed by atoms with Gasteiger partial charge in [-0.15, -0.1) is 0 Å². The minimum Gasteiger partial charge on any atom is -0.384 e. The second kappa shape index (κ2) is 6.34. The number of nitrogens with zero attached hydrogens (tertiary/aromatic N) is 2. The smallest absolute Gasteiger partial charge is 0.252 e. The normalized spacial score (nSPS) is 22.3. The van der Waals surface area contributed by atoms with Crippen LogP contribution >= 0.6 is 0 Å². The van der Waals surface area contributed by atoms with Crippen molar-refractivity contribution in [3.05, 3.63) is 23.9 Å². The van der Waals surface area contributed by atoms with Gasteiger partial charge in [-0.05, 0) is 25.0 Å². The number of rotatable bonds is 4. The van der Waals surface area contributed by atoms with Crippen LogP contribution in [0.15, 0.2) is 18.3 Å². The minimum atomic E-state index is -0.167. The highest BCUT2D eigenvalue weighted by Crippen LogP contribution is 2.29. The third-order valence-corrected chi connectivity index (χ3v) is 4.60. The molecule has 3 rings (SSSR count). The van der Waals surface area contributed by atoms with Crippen LogP contribution in [0.1, 0.15) is 42.5 Å². The van der Waals surface area contributed by atoms with Gasteiger partial charge in [0.25, 0.3) is 5.91 Å². The number of aromatic nitrogens is 1. The van der Waals surface area contributed by atoms with E-state index in [2.05, 4.69) is 10.3 Å². The molecule has 6 nitrogen and oxygen atoms in total.